The zero-order valence-corrected chi connectivity index (χ0v) is 9.06. The van der Waals surface area contributed by atoms with Crippen LogP contribution in [0.1, 0.15) is 26.2 Å². The minimum atomic E-state index is -3.40. The SMILES string of the molecule is CCCS(=O)(=O)NC(=O)CNC1CC1. The Balaban J connectivity index is 2.23. The van der Waals surface area contributed by atoms with Gasteiger partial charge in [0.05, 0.1) is 12.3 Å². The standard InChI is InChI=1S/C8H16N2O3S/c1-2-5-14(12,13)10-8(11)6-9-7-3-4-7/h7,9H,2-6H2,1H3,(H,10,11). The molecular weight excluding hydrogens is 204 g/mol. The molecule has 0 radical (unpaired) electrons. The van der Waals surface area contributed by atoms with Gasteiger partial charge < -0.3 is 5.32 Å². The topological polar surface area (TPSA) is 75.3 Å². The number of hydrogen-bond acceptors (Lipinski definition) is 4. The number of carbonyl (C=O) groups excluding carboxylic acids is 1. The molecule has 0 bridgehead atoms. The molecule has 0 atom stereocenters. The summed E-state index contributed by atoms with van der Waals surface area (Å²) in [6.45, 7) is 1.85. The van der Waals surface area contributed by atoms with Gasteiger partial charge in [-0.15, -0.1) is 0 Å². The molecule has 1 rings (SSSR count). The maximum Gasteiger partial charge on any atom is 0.247 e. The van der Waals surface area contributed by atoms with E-state index in [-0.39, 0.29) is 12.3 Å². The summed E-state index contributed by atoms with van der Waals surface area (Å²) < 4.78 is 24.3. The van der Waals surface area contributed by atoms with Crippen molar-refractivity contribution in [1.29, 1.82) is 0 Å². The van der Waals surface area contributed by atoms with Crippen LogP contribution in [0.5, 0.6) is 0 Å². The highest BCUT2D eigenvalue weighted by Gasteiger charge is 2.22. The van der Waals surface area contributed by atoms with Gasteiger partial charge in [-0.05, 0) is 19.3 Å². The molecular formula is C8H16N2O3S. The highest BCUT2D eigenvalue weighted by Crippen LogP contribution is 2.17. The fraction of sp³-hybridized carbons (Fsp3) is 0.875. The fourth-order valence-electron chi connectivity index (χ4n) is 1.05. The summed E-state index contributed by atoms with van der Waals surface area (Å²) >= 11 is 0. The van der Waals surface area contributed by atoms with Crippen LogP contribution in [-0.2, 0) is 14.8 Å². The quantitative estimate of drug-likeness (QED) is 0.638. The second-order valence-electron chi connectivity index (χ2n) is 3.50. The van der Waals surface area contributed by atoms with E-state index in [2.05, 4.69) is 5.32 Å². The van der Waals surface area contributed by atoms with E-state index in [4.69, 9.17) is 0 Å². The van der Waals surface area contributed by atoms with Crippen LogP contribution in [0.2, 0.25) is 0 Å². The summed E-state index contributed by atoms with van der Waals surface area (Å²) in [4.78, 5) is 11.1. The van der Waals surface area contributed by atoms with Crippen molar-refractivity contribution in [3.63, 3.8) is 0 Å². The smallest absolute Gasteiger partial charge is 0.247 e. The Hall–Kier alpha value is -0.620. The minimum Gasteiger partial charge on any atom is -0.306 e. The number of sulfonamides is 1. The molecule has 0 aromatic heterocycles. The molecule has 1 amide bonds. The second kappa shape index (κ2) is 4.75. The largest absolute Gasteiger partial charge is 0.306 e. The van der Waals surface area contributed by atoms with Gasteiger partial charge in [0.1, 0.15) is 0 Å². The lowest BCUT2D eigenvalue weighted by Crippen LogP contribution is -2.39. The van der Waals surface area contributed by atoms with Crippen molar-refractivity contribution in [3.8, 4) is 0 Å². The van der Waals surface area contributed by atoms with Gasteiger partial charge in [-0.2, -0.15) is 0 Å². The Labute approximate surface area is 84.3 Å². The van der Waals surface area contributed by atoms with E-state index in [0.717, 1.165) is 12.8 Å². The lowest BCUT2D eigenvalue weighted by Gasteiger charge is -2.05. The lowest BCUT2D eigenvalue weighted by atomic mass is 10.6. The molecule has 2 N–H and O–H groups in total. The van der Waals surface area contributed by atoms with Crippen LogP contribution in [0.4, 0.5) is 0 Å². The van der Waals surface area contributed by atoms with Gasteiger partial charge in [-0.1, -0.05) is 6.92 Å². The second-order valence-corrected chi connectivity index (χ2v) is 5.34. The van der Waals surface area contributed by atoms with Gasteiger partial charge in [-0.25, -0.2) is 8.42 Å². The molecule has 14 heavy (non-hydrogen) atoms. The van der Waals surface area contributed by atoms with E-state index >= 15 is 0 Å². The van der Waals surface area contributed by atoms with Crippen molar-refractivity contribution in [1.82, 2.24) is 10.0 Å². The molecule has 1 aliphatic rings. The van der Waals surface area contributed by atoms with Crippen molar-refractivity contribution < 1.29 is 13.2 Å². The summed E-state index contributed by atoms with van der Waals surface area (Å²) in [7, 11) is -3.40. The van der Waals surface area contributed by atoms with Gasteiger partial charge in [0.15, 0.2) is 0 Å². The molecule has 5 nitrogen and oxygen atoms in total. The molecule has 0 aromatic rings. The van der Waals surface area contributed by atoms with Crippen LogP contribution in [0.25, 0.3) is 0 Å². The first kappa shape index (κ1) is 11.5. The molecule has 1 saturated carbocycles. The Kier molecular flexibility index (Phi) is 3.88. The third-order valence-corrected chi connectivity index (χ3v) is 3.36. The Morgan fingerprint density at radius 2 is 2.07 bits per heavy atom. The number of amides is 1. The van der Waals surface area contributed by atoms with Crippen molar-refractivity contribution in [3.05, 3.63) is 0 Å². The molecule has 0 aliphatic heterocycles. The molecule has 1 aliphatic carbocycles. The molecule has 0 heterocycles. The number of rotatable bonds is 6. The summed E-state index contributed by atoms with van der Waals surface area (Å²) in [5.74, 6) is -0.465. The van der Waals surface area contributed by atoms with Gasteiger partial charge in [0, 0.05) is 6.04 Å². The normalized spacial score (nSPS) is 16.6. The first-order valence-electron chi connectivity index (χ1n) is 4.80. The fourth-order valence-corrected chi connectivity index (χ4v) is 2.11. The molecule has 0 aromatic carbocycles. The highest BCUT2D eigenvalue weighted by atomic mass is 32.2. The molecule has 6 heteroatoms. The maximum atomic E-state index is 11.1. The maximum absolute atomic E-state index is 11.1. The van der Waals surface area contributed by atoms with Crippen molar-refractivity contribution in [2.45, 2.75) is 32.2 Å². The summed E-state index contributed by atoms with van der Waals surface area (Å²) in [5, 5.41) is 2.94. The summed E-state index contributed by atoms with van der Waals surface area (Å²) in [6, 6.07) is 0.412. The third kappa shape index (κ3) is 4.57. The Morgan fingerprint density at radius 1 is 1.43 bits per heavy atom. The van der Waals surface area contributed by atoms with Gasteiger partial charge in [-0.3, -0.25) is 9.52 Å². The van der Waals surface area contributed by atoms with E-state index in [1.165, 1.54) is 0 Å². The predicted molar refractivity (Wildman–Crippen MR) is 53.2 cm³/mol. The Bertz CT molecular complexity index is 296. The predicted octanol–water partition coefficient (Wildman–Crippen LogP) is -0.406. The molecule has 0 saturated heterocycles. The molecule has 0 spiro atoms. The van der Waals surface area contributed by atoms with E-state index in [0.29, 0.717) is 12.5 Å². The molecule has 1 fully saturated rings. The monoisotopic (exact) mass is 220 g/mol. The van der Waals surface area contributed by atoms with Crippen LogP contribution < -0.4 is 10.0 Å². The Morgan fingerprint density at radius 3 is 2.57 bits per heavy atom. The van der Waals surface area contributed by atoms with Crippen molar-refractivity contribution >= 4 is 15.9 Å². The third-order valence-electron chi connectivity index (χ3n) is 1.87. The minimum absolute atomic E-state index is 0.00215. The van der Waals surface area contributed by atoms with E-state index in [1.807, 2.05) is 4.72 Å². The summed E-state index contributed by atoms with van der Waals surface area (Å²) in [5.41, 5.74) is 0. The zero-order chi connectivity index (χ0) is 10.6. The zero-order valence-electron chi connectivity index (χ0n) is 8.25. The van der Waals surface area contributed by atoms with E-state index in [1.54, 1.807) is 6.92 Å². The first-order valence-corrected chi connectivity index (χ1v) is 6.45. The number of carbonyl (C=O) groups is 1. The first-order chi connectivity index (χ1) is 6.53. The van der Waals surface area contributed by atoms with Gasteiger partial charge >= 0.3 is 0 Å². The van der Waals surface area contributed by atoms with Crippen LogP contribution in [0.3, 0.4) is 0 Å². The number of hydrogen-bond donors (Lipinski definition) is 2. The van der Waals surface area contributed by atoms with Gasteiger partial charge in [0.2, 0.25) is 15.9 Å². The molecule has 0 unspecified atom stereocenters. The van der Waals surface area contributed by atoms with E-state index in [9.17, 15) is 13.2 Å². The van der Waals surface area contributed by atoms with Crippen LogP contribution >= 0.6 is 0 Å². The number of nitrogens with one attached hydrogen (secondary N) is 2. The summed E-state index contributed by atoms with van der Waals surface area (Å²) in [6.07, 6.45) is 2.67. The lowest BCUT2D eigenvalue weighted by molar-refractivity contribution is -0.118. The van der Waals surface area contributed by atoms with Crippen LogP contribution in [0, 0.1) is 0 Å². The van der Waals surface area contributed by atoms with Gasteiger partial charge in [0.25, 0.3) is 0 Å². The van der Waals surface area contributed by atoms with Crippen molar-refractivity contribution in [2.24, 2.45) is 0 Å². The average molecular weight is 220 g/mol. The van der Waals surface area contributed by atoms with E-state index < -0.39 is 15.9 Å². The average Bonchev–Trinajstić information content (AvgIpc) is 2.82. The van der Waals surface area contributed by atoms with Crippen LogP contribution in [-0.4, -0.2) is 32.7 Å². The molecule has 82 valence electrons. The van der Waals surface area contributed by atoms with Crippen molar-refractivity contribution in [2.75, 3.05) is 12.3 Å². The van der Waals surface area contributed by atoms with Crippen LogP contribution in [0.15, 0.2) is 0 Å². The highest BCUT2D eigenvalue weighted by molar-refractivity contribution is 7.90.